The molecule has 4 nitrogen and oxygen atoms in total. The number of ether oxygens (including phenoxy) is 1. The van der Waals surface area contributed by atoms with Crippen molar-refractivity contribution in [1.29, 1.82) is 0 Å². The van der Waals surface area contributed by atoms with Crippen LogP contribution >= 0.6 is 23.2 Å². The van der Waals surface area contributed by atoms with E-state index < -0.39 is 0 Å². The van der Waals surface area contributed by atoms with Gasteiger partial charge in [-0.25, -0.2) is 4.98 Å². The molecule has 0 fully saturated rings. The van der Waals surface area contributed by atoms with Gasteiger partial charge in [-0.05, 0) is 6.92 Å². The quantitative estimate of drug-likeness (QED) is 0.744. The number of halogens is 2. The minimum Gasteiger partial charge on any atom is -0.473 e. The van der Waals surface area contributed by atoms with Crippen LogP contribution in [0.25, 0.3) is 0 Å². The molecule has 0 atom stereocenters. The van der Waals surface area contributed by atoms with E-state index in [1.165, 1.54) is 0 Å². The van der Waals surface area contributed by atoms with Crippen molar-refractivity contribution in [1.82, 2.24) is 9.97 Å². The van der Waals surface area contributed by atoms with Crippen LogP contribution in [0, 0.1) is 0 Å². The van der Waals surface area contributed by atoms with Gasteiger partial charge in [-0.3, -0.25) is 0 Å². The Morgan fingerprint density at radius 1 is 1.36 bits per heavy atom. The molecular formula is C8H9Cl2N3O. The summed E-state index contributed by atoms with van der Waals surface area (Å²) in [5.41, 5.74) is 0. The van der Waals surface area contributed by atoms with Gasteiger partial charge in [0.1, 0.15) is 6.61 Å². The Bertz CT molecular complexity index is 359. The third kappa shape index (κ3) is 1.60. The van der Waals surface area contributed by atoms with Gasteiger partial charge in [0, 0.05) is 6.54 Å². The van der Waals surface area contributed by atoms with Gasteiger partial charge in [0.15, 0.2) is 16.1 Å². The second-order valence-corrected chi connectivity index (χ2v) is 3.58. The number of nitrogens with zero attached hydrogens (tertiary/aromatic N) is 3. The fourth-order valence-corrected chi connectivity index (χ4v) is 1.58. The first kappa shape index (κ1) is 9.80. The molecule has 0 unspecified atom stereocenters. The Morgan fingerprint density at radius 3 is 2.79 bits per heavy atom. The summed E-state index contributed by atoms with van der Waals surface area (Å²) in [6, 6.07) is 0. The van der Waals surface area contributed by atoms with Gasteiger partial charge >= 0.3 is 0 Å². The summed E-state index contributed by atoms with van der Waals surface area (Å²) in [6.07, 6.45) is 0. The molecule has 0 aromatic carbocycles. The number of rotatable bonds is 1. The maximum absolute atomic E-state index is 5.78. The largest absolute Gasteiger partial charge is 0.473 e. The molecular weight excluding hydrogens is 225 g/mol. The lowest BCUT2D eigenvalue weighted by Crippen LogP contribution is -2.33. The van der Waals surface area contributed by atoms with Crippen molar-refractivity contribution in [2.24, 2.45) is 0 Å². The second kappa shape index (κ2) is 3.79. The molecule has 1 aliphatic rings. The molecule has 0 aliphatic carbocycles. The zero-order chi connectivity index (χ0) is 10.1. The van der Waals surface area contributed by atoms with Crippen LogP contribution in [0.3, 0.4) is 0 Å². The highest BCUT2D eigenvalue weighted by atomic mass is 35.5. The molecule has 1 aromatic rings. The van der Waals surface area contributed by atoms with E-state index in [9.17, 15) is 0 Å². The summed E-state index contributed by atoms with van der Waals surface area (Å²) in [5.74, 6) is 1.14. The van der Waals surface area contributed by atoms with Crippen LogP contribution in [0.15, 0.2) is 0 Å². The van der Waals surface area contributed by atoms with Crippen LogP contribution in [0.2, 0.25) is 10.3 Å². The third-order valence-electron chi connectivity index (χ3n) is 2.05. The van der Waals surface area contributed by atoms with E-state index in [2.05, 4.69) is 9.97 Å². The molecule has 0 bridgehead atoms. The van der Waals surface area contributed by atoms with E-state index in [0.717, 1.165) is 13.1 Å². The number of hydrogen-bond acceptors (Lipinski definition) is 4. The Labute approximate surface area is 91.8 Å². The second-order valence-electron chi connectivity index (χ2n) is 2.86. The Morgan fingerprint density at radius 2 is 2.07 bits per heavy atom. The average molecular weight is 234 g/mol. The van der Waals surface area contributed by atoms with Gasteiger partial charge in [-0.1, -0.05) is 23.2 Å². The summed E-state index contributed by atoms with van der Waals surface area (Å²) in [7, 11) is 0. The van der Waals surface area contributed by atoms with Crippen LogP contribution < -0.4 is 9.64 Å². The van der Waals surface area contributed by atoms with E-state index in [4.69, 9.17) is 27.9 Å². The highest BCUT2D eigenvalue weighted by Crippen LogP contribution is 2.31. The highest BCUT2D eigenvalue weighted by Gasteiger charge is 2.21. The number of fused-ring (bicyclic) bond motifs is 1. The summed E-state index contributed by atoms with van der Waals surface area (Å²) < 4.78 is 5.33. The fourth-order valence-electron chi connectivity index (χ4n) is 1.34. The van der Waals surface area contributed by atoms with Crippen molar-refractivity contribution in [2.75, 3.05) is 24.6 Å². The lowest BCUT2D eigenvalue weighted by molar-refractivity contribution is 0.293. The lowest BCUT2D eigenvalue weighted by atomic mass is 10.4. The minimum atomic E-state index is 0.184. The van der Waals surface area contributed by atoms with Crippen molar-refractivity contribution < 1.29 is 4.74 Å². The van der Waals surface area contributed by atoms with E-state index in [0.29, 0.717) is 18.3 Å². The first-order valence-electron chi connectivity index (χ1n) is 4.33. The van der Waals surface area contributed by atoms with Crippen LogP contribution in [0.4, 0.5) is 5.82 Å². The molecule has 0 amide bonds. The van der Waals surface area contributed by atoms with Gasteiger partial charge in [0.05, 0.1) is 6.54 Å². The maximum atomic E-state index is 5.78. The molecule has 14 heavy (non-hydrogen) atoms. The number of hydrogen-bond donors (Lipinski definition) is 0. The van der Waals surface area contributed by atoms with Crippen LogP contribution in [0.1, 0.15) is 6.92 Å². The summed E-state index contributed by atoms with van der Waals surface area (Å²) in [4.78, 5) is 10.2. The van der Waals surface area contributed by atoms with Crippen molar-refractivity contribution >= 4 is 29.0 Å². The molecule has 0 spiro atoms. The Balaban J connectivity index is 2.47. The van der Waals surface area contributed by atoms with Crippen molar-refractivity contribution in [3.05, 3.63) is 10.3 Å². The number of likely N-dealkylation sites (N-methyl/N-ethyl adjacent to an activating group) is 1. The molecule has 76 valence electrons. The Hall–Kier alpha value is -0.740. The first-order chi connectivity index (χ1) is 6.72. The molecule has 2 rings (SSSR count). The summed E-state index contributed by atoms with van der Waals surface area (Å²) in [6.45, 7) is 4.30. The molecule has 6 heteroatoms. The smallest absolute Gasteiger partial charge is 0.259 e. The van der Waals surface area contributed by atoms with E-state index >= 15 is 0 Å². The third-order valence-corrected chi connectivity index (χ3v) is 2.67. The molecule has 0 N–H and O–H groups in total. The van der Waals surface area contributed by atoms with Crippen LogP contribution in [0.5, 0.6) is 5.88 Å². The highest BCUT2D eigenvalue weighted by molar-refractivity contribution is 6.40. The minimum absolute atomic E-state index is 0.184. The van der Waals surface area contributed by atoms with Gasteiger partial charge in [-0.15, -0.1) is 0 Å². The van der Waals surface area contributed by atoms with E-state index in [1.54, 1.807) is 0 Å². The standard InChI is InChI=1S/C8H9Cl2N3O/c1-2-13-3-4-14-8-7(13)11-5(9)6(10)12-8/h2-4H2,1H3. The molecule has 0 saturated heterocycles. The number of aromatic nitrogens is 2. The van der Waals surface area contributed by atoms with Crippen LogP contribution in [-0.2, 0) is 0 Å². The van der Waals surface area contributed by atoms with Gasteiger partial charge in [0.25, 0.3) is 5.88 Å². The van der Waals surface area contributed by atoms with Gasteiger partial charge in [0.2, 0.25) is 0 Å². The lowest BCUT2D eigenvalue weighted by Gasteiger charge is -2.27. The van der Waals surface area contributed by atoms with E-state index in [1.807, 2.05) is 11.8 Å². The zero-order valence-electron chi connectivity index (χ0n) is 7.63. The summed E-state index contributed by atoms with van der Waals surface area (Å²) in [5, 5.41) is 0.401. The normalized spacial score (nSPS) is 14.9. The van der Waals surface area contributed by atoms with Gasteiger partial charge in [-0.2, -0.15) is 4.98 Å². The molecule has 0 saturated carbocycles. The first-order valence-corrected chi connectivity index (χ1v) is 5.08. The van der Waals surface area contributed by atoms with Crippen LogP contribution in [-0.4, -0.2) is 29.7 Å². The molecule has 1 aliphatic heterocycles. The predicted molar refractivity (Wildman–Crippen MR) is 55.4 cm³/mol. The zero-order valence-corrected chi connectivity index (χ0v) is 9.14. The predicted octanol–water partition coefficient (Wildman–Crippen LogP) is 2.00. The Kier molecular flexibility index (Phi) is 2.65. The maximum Gasteiger partial charge on any atom is 0.259 e. The van der Waals surface area contributed by atoms with Gasteiger partial charge < -0.3 is 9.64 Å². The number of anilines is 1. The molecule has 0 radical (unpaired) electrons. The SMILES string of the molecule is CCN1CCOc2nc(Cl)c(Cl)nc21. The molecule has 2 heterocycles. The topological polar surface area (TPSA) is 38.2 Å². The van der Waals surface area contributed by atoms with E-state index in [-0.39, 0.29) is 10.3 Å². The van der Waals surface area contributed by atoms with Crippen molar-refractivity contribution in [3.63, 3.8) is 0 Å². The van der Waals surface area contributed by atoms with Crippen molar-refractivity contribution in [3.8, 4) is 5.88 Å². The average Bonchev–Trinajstić information content (AvgIpc) is 2.19. The monoisotopic (exact) mass is 233 g/mol. The molecule has 1 aromatic heterocycles. The summed E-state index contributed by atoms with van der Waals surface area (Å²) >= 11 is 11.5. The fraction of sp³-hybridized carbons (Fsp3) is 0.500. The van der Waals surface area contributed by atoms with Crippen molar-refractivity contribution in [2.45, 2.75) is 6.92 Å².